The van der Waals surface area contributed by atoms with Crippen LogP contribution in [0.4, 0.5) is 5.00 Å². The Morgan fingerprint density at radius 2 is 1.72 bits per heavy atom. The molecule has 1 amide bonds. The summed E-state index contributed by atoms with van der Waals surface area (Å²) in [6.07, 6.45) is 5.50. The number of fused-ring (bicyclic) bond motifs is 1. The Morgan fingerprint density at radius 1 is 1.06 bits per heavy atom. The summed E-state index contributed by atoms with van der Waals surface area (Å²) >= 11 is 1.41. The molecule has 192 valence electrons. The SMILES string of the molecule is CC(=O)Oc1ccc(C=CC(=O)Nc2sc3c(c2C(=O)OC(C)(C)C)CC(C)CC3)cc1OC(C)=O. The molecule has 2 aromatic rings. The fourth-order valence-electron chi connectivity index (χ4n) is 3.82. The number of nitrogens with one attached hydrogen (secondary N) is 1. The number of anilines is 1. The van der Waals surface area contributed by atoms with Crippen LogP contribution < -0.4 is 14.8 Å². The highest BCUT2D eigenvalue weighted by molar-refractivity contribution is 7.17. The molecule has 1 heterocycles. The van der Waals surface area contributed by atoms with Crippen molar-refractivity contribution in [1.29, 1.82) is 0 Å². The number of amides is 1. The molecule has 3 rings (SSSR count). The fraction of sp³-hybridized carbons (Fsp3) is 0.407. The van der Waals surface area contributed by atoms with Gasteiger partial charge in [-0.25, -0.2) is 4.79 Å². The normalized spacial score (nSPS) is 15.2. The highest BCUT2D eigenvalue weighted by atomic mass is 32.1. The van der Waals surface area contributed by atoms with Gasteiger partial charge in [-0.1, -0.05) is 13.0 Å². The highest BCUT2D eigenvalue weighted by Crippen LogP contribution is 2.40. The average molecular weight is 514 g/mol. The predicted molar refractivity (Wildman–Crippen MR) is 137 cm³/mol. The lowest BCUT2D eigenvalue weighted by Crippen LogP contribution is -2.25. The second kappa shape index (κ2) is 11.1. The Balaban J connectivity index is 1.84. The van der Waals surface area contributed by atoms with Crippen LogP contribution in [0.2, 0.25) is 0 Å². The van der Waals surface area contributed by atoms with Crippen molar-refractivity contribution in [2.45, 2.75) is 66.4 Å². The van der Waals surface area contributed by atoms with Gasteiger partial charge in [0.1, 0.15) is 10.6 Å². The summed E-state index contributed by atoms with van der Waals surface area (Å²) in [5.41, 5.74) is 1.27. The predicted octanol–water partition coefficient (Wildman–Crippen LogP) is 5.33. The van der Waals surface area contributed by atoms with Gasteiger partial charge in [-0.3, -0.25) is 14.4 Å². The molecule has 1 aliphatic rings. The van der Waals surface area contributed by atoms with Crippen LogP contribution in [0.25, 0.3) is 6.08 Å². The minimum Gasteiger partial charge on any atom is -0.456 e. The summed E-state index contributed by atoms with van der Waals surface area (Å²) in [6.45, 7) is 10.1. The Morgan fingerprint density at radius 3 is 2.36 bits per heavy atom. The molecule has 0 fully saturated rings. The molecule has 1 aromatic carbocycles. The summed E-state index contributed by atoms with van der Waals surface area (Å²) in [5, 5.41) is 3.32. The molecule has 1 unspecified atom stereocenters. The van der Waals surface area contributed by atoms with E-state index >= 15 is 0 Å². The molecule has 0 bridgehead atoms. The maximum atomic E-state index is 13.1. The van der Waals surface area contributed by atoms with Crippen molar-refractivity contribution in [3.63, 3.8) is 0 Å². The van der Waals surface area contributed by atoms with Gasteiger partial charge in [-0.05, 0) is 75.3 Å². The fourth-order valence-corrected chi connectivity index (χ4v) is 5.05. The molecule has 0 aliphatic heterocycles. The zero-order valence-electron chi connectivity index (χ0n) is 21.4. The largest absolute Gasteiger partial charge is 0.456 e. The number of hydrogen-bond acceptors (Lipinski definition) is 8. The lowest BCUT2D eigenvalue weighted by molar-refractivity contribution is -0.134. The first-order valence-electron chi connectivity index (χ1n) is 11.7. The van der Waals surface area contributed by atoms with E-state index in [4.69, 9.17) is 14.2 Å². The molecule has 0 radical (unpaired) electrons. The van der Waals surface area contributed by atoms with Gasteiger partial charge in [0.25, 0.3) is 0 Å². The summed E-state index contributed by atoms with van der Waals surface area (Å²) in [5.74, 6) is -1.40. The number of thiophene rings is 1. The van der Waals surface area contributed by atoms with Crippen molar-refractivity contribution >= 4 is 46.2 Å². The van der Waals surface area contributed by atoms with E-state index < -0.39 is 29.4 Å². The van der Waals surface area contributed by atoms with Crippen molar-refractivity contribution in [2.75, 3.05) is 5.32 Å². The number of ether oxygens (including phenoxy) is 3. The molecule has 1 atom stereocenters. The van der Waals surface area contributed by atoms with E-state index in [1.165, 1.54) is 49.5 Å². The number of carbonyl (C=O) groups is 4. The minimum absolute atomic E-state index is 0.0625. The quantitative estimate of drug-likeness (QED) is 0.316. The van der Waals surface area contributed by atoms with E-state index in [9.17, 15) is 19.2 Å². The molecule has 1 N–H and O–H groups in total. The Bertz CT molecular complexity index is 1220. The standard InChI is InChI=1S/C27H31NO7S/c1-15-7-11-22-19(13-15)24(26(32)35-27(4,5)6)25(36-22)28-23(31)12-9-18-8-10-20(33-16(2)29)21(14-18)34-17(3)30/h8-10,12,14-15H,7,11,13H2,1-6H3,(H,28,31). The third-order valence-corrected chi connectivity index (χ3v) is 6.46. The van der Waals surface area contributed by atoms with E-state index in [-0.39, 0.29) is 11.5 Å². The van der Waals surface area contributed by atoms with Crippen LogP contribution in [-0.2, 0) is 32.0 Å². The minimum atomic E-state index is -0.661. The van der Waals surface area contributed by atoms with E-state index in [1.54, 1.807) is 6.07 Å². The second-order valence-corrected chi connectivity index (χ2v) is 10.9. The van der Waals surface area contributed by atoms with Crippen LogP contribution in [0.5, 0.6) is 11.5 Å². The molecule has 0 spiro atoms. The van der Waals surface area contributed by atoms with Crippen LogP contribution >= 0.6 is 11.3 Å². The molecule has 0 saturated heterocycles. The number of carbonyl (C=O) groups excluding carboxylic acids is 4. The van der Waals surface area contributed by atoms with E-state index in [1.807, 2.05) is 20.8 Å². The Labute approximate surface area is 214 Å². The first-order chi connectivity index (χ1) is 16.8. The average Bonchev–Trinajstić information content (AvgIpc) is 3.08. The van der Waals surface area contributed by atoms with Gasteiger partial charge >= 0.3 is 17.9 Å². The number of rotatable bonds is 6. The van der Waals surface area contributed by atoms with Crippen molar-refractivity contribution in [3.8, 4) is 11.5 Å². The third kappa shape index (κ3) is 7.27. The maximum Gasteiger partial charge on any atom is 0.341 e. The maximum absolute atomic E-state index is 13.1. The molecular formula is C27H31NO7S. The van der Waals surface area contributed by atoms with Gasteiger partial charge in [0.05, 0.1) is 5.56 Å². The monoisotopic (exact) mass is 513 g/mol. The molecule has 1 aromatic heterocycles. The molecule has 9 heteroatoms. The topological polar surface area (TPSA) is 108 Å². The zero-order valence-corrected chi connectivity index (χ0v) is 22.2. The summed E-state index contributed by atoms with van der Waals surface area (Å²) in [7, 11) is 0. The molecular weight excluding hydrogens is 482 g/mol. The van der Waals surface area contributed by atoms with E-state index in [0.29, 0.717) is 22.0 Å². The highest BCUT2D eigenvalue weighted by Gasteiger charge is 2.31. The van der Waals surface area contributed by atoms with Gasteiger partial charge in [0.15, 0.2) is 11.5 Å². The van der Waals surface area contributed by atoms with Gasteiger partial charge < -0.3 is 19.5 Å². The van der Waals surface area contributed by atoms with E-state index in [0.717, 1.165) is 29.7 Å². The number of hydrogen-bond donors (Lipinski definition) is 1. The Hall–Kier alpha value is -3.46. The van der Waals surface area contributed by atoms with Gasteiger partial charge in [0, 0.05) is 24.8 Å². The number of aryl methyl sites for hydroxylation is 1. The van der Waals surface area contributed by atoms with Crippen LogP contribution in [0.3, 0.4) is 0 Å². The van der Waals surface area contributed by atoms with Crippen molar-refractivity contribution in [1.82, 2.24) is 0 Å². The van der Waals surface area contributed by atoms with Gasteiger partial charge in [-0.15, -0.1) is 11.3 Å². The summed E-state index contributed by atoms with van der Waals surface area (Å²) in [6, 6.07) is 4.58. The summed E-state index contributed by atoms with van der Waals surface area (Å²) < 4.78 is 15.8. The molecule has 0 saturated carbocycles. The smallest absolute Gasteiger partial charge is 0.341 e. The number of benzene rings is 1. The van der Waals surface area contributed by atoms with Crippen LogP contribution in [0.15, 0.2) is 24.3 Å². The van der Waals surface area contributed by atoms with Crippen molar-refractivity contribution in [2.24, 2.45) is 5.92 Å². The number of esters is 3. The molecule has 36 heavy (non-hydrogen) atoms. The Kier molecular flexibility index (Phi) is 8.35. The van der Waals surface area contributed by atoms with Crippen molar-refractivity contribution in [3.05, 3.63) is 45.8 Å². The first-order valence-corrected chi connectivity index (χ1v) is 12.5. The van der Waals surface area contributed by atoms with E-state index in [2.05, 4.69) is 12.2 Å². The van der Waals surface area contributed by atoms with Crippen molar-refractivity contribution < 1.29 is 33.4 Å². The third-order valence-electron chi connectivity index (χ3n) is 5.25. The lowest BCUT2D eigenvalue weighted by atomic mass is 9.88. The molecule has 8 nitrogen and oxygen atoms in total. The van der Waals surface area contributed by atoms with Gasteiger partial charge in [-0.2, -0.15) is 0 Å². The summed E-state index contributed by atoms with van der Waals surface area (Å²) in [4.78, 5) is 49.7. The zero-order chi connectivity index (χ0) is 26.6. The van der Waals surface area contributed by atoms with Crippen LogP contribution in [-0.4, -0.2) is 29.4 Å². The lowest BCUT2D eigenvalue weighted by Gasteiger charge is -2.22. The molecule has 1 aliphatic carbocycles. The second-order valence-electron chi connectivity index (χ2n) is 9.77. The first kappa shape index (κ1) is 27.1. The van der Waals surface area contributed by atoms with Gasteiger partial charge in [0.2, 0.25) is 5.91 Å². The van der Waals surface area contributed by atoms with Crippen LogP contribution in [0.1, 0.15) is 74.3 Å². The van der Waals surface area contributed by atoms with Crippen LogP contribution in [0, 0.1) is 5.92 Å².